The fraction of sp³-hybridized carbons (Fsp3) is 0.143. The molecule has 18 heavy (non-hydrogen) atoms. The summed E-state index contributed by atoms with van der Waals surface area (Å²) in [5.41, 5.74) is 0.831. The van der Waals surface area contributed by atoms with Gasteiger partial charge in [0.2, 0.25) is 0 Å². The van der Waals surface area contributed by atoms with Crippen LogP contribution in [0.1, 0.15) is 5.69 Å². The van der Waals surface area contributed by atoms with Crippen LogP contribution in [-0.2, 0) is 11.2 Å². The first-order chi connectivity index (χ1) is 8.74. The zero-order chi connectivity index (χ0) is 12.8. The van der Waals surface area contributed by atoms with Crippen LogP contribution in [0.4, 0.5) is 0 Å². The minimum atomic E-state index is 0.193. The minimum Gasteiger partial charge on any atom is -0.298 e. The van der Waals surface area contributed by atoms with Gasteiger partial charge in [0.15, 0.2) is 0 Å². The highest BCUT2D eigenvalue weighted by atomic mass is 79.9. The van der Waals surface area contributed by atoms with E-state index in [9.17, 15) is 4.79 Å². The van der Waals surface area contributed by atoms with Crippen LogP contribution in [0.2, 0.25) is 0 Å². The molecule has 0 spiro atoms. The summed E-state index contributed by atoms with van der Waals surface area (Å²) in [6.07, 6.45) is 2.12. The van der Waals surface area contributed by atoms with E-state index in [-0.39, 0.29) is 5.78 Å². The standard InChI is InChI=1S/C14H12BrNOS/c15-11-4-3-6-14(8-11)18-10-13(17)9-12-5-1-2-7-16-12/h1-8H,9-10H2. The van der Waals surface area contributed by atoms with Crippen molar-refractivity contribution in [3.05, 3.63) is 58.8 Å². The molecule has 4 heteroatoms. The monoisotopic (exact) mass is 321 g/mol. The summed E-state index contributed by atoms with van der Waals surface area (Å²) in [6, 6.07) is 13.6. The molecule has 0 saturated carbocycles. The lowest BCUT2D eigenvalue weighted by molar-refractivity contribution is -0.116. The summed E-state index contributed by atoms with van der Waals surface area (Å²) in [5.74, 6) is 0.672. The lowest BCUT2D eigenvalue weighted by Crippen LogP contribution is -2.06. The van der Waals surface area contributed by atoms with Crippen LogP contribution in [-0.4, -0.2) is 16.5 Å². The van der Waals surface area contributed by atoms with Gasteiger partial charge in [-0.25, -0.2) is 0 Å². The maximum absolute atomic E-state index is 11.8. The highest BCUT2D eigenvalue weighted by Crippen LogP contribution is 2.22. The van der Waals surface area contributed by atoms with Crippen molar-refractivity contribution in [2.24, 2.45) is 0 Å². The van der Waals surface area contributed by atoms with Gasteiger partial charge >= 0.3 is 0 Å². The Labute approximate surface area is 119 Å². The van der Waals surface area contributed by atoms with E-state index in [2.05, 4.69) is 20.9 Å². The second-order valence-corrected chi connectivity index (χ2v) is 5.75. The van der Waals surface area contributed by atoms with Crippen molar-refractivity contribution in [1.82, 2.24) is 4.98 Å². The summed E-state index contributed by atoms with van der Waals surface area (Å²) >= 11 is 4.97. The molecule has 0 saturated heterocycles. The van der Waals surface area contributed by atoms with Crippen LogP contribution in [0.5, 0.6) is 0 Å². The third-order valence-corrected chi connectivity index (χ3v) is 3.85. The van der Waals surface area contributed by atoms with Gasteiger partial charge in [0.25, 0.3) is 0 Å². The van der Waals surface area contributed by atoms with Crippen molar-refractivity contribution in [3.8, 4) is 0 Å². The van der Waals surface area contributed by atoms with Crippen molar-refractivity contribution < 1.29 is 4.79 Å². The summed E-state index contributed by atoms with van der Waals surface area (Å²) < 4.78 is 1.03. The van der Waals surface area contributed by atoms with Crippen LogP contribution >= 0.6 is 27.7 Å². The maximum atomic E-state index is 11.8. The smallest absolute Gasteiger partial charge is 0.149 e. The molecule has 0 N–H and O–H groups in total. The molecule has 0 unspecified atom stereocenters. The van der Waals surface area contributed by atoms with Gasteiger partial charge in [-0.2, -0.15) is 0 Å². The SMILES string of the molecule is O=C(CSc1cccc(Br)c1)Cc1ccccn1. The maximum Gasteiger partial charge on any atom is 0.149 e. The molecule has 92 valence electrons. The van der Waals surface area contributed by atoms with E-state index >= 15 is 0 Å². The molecule has 1 aromatic heterocycles. The average molecular weight is 322 g/mol. The van der Waals surface area contributed by atoms with Crippen molar-refractivity contribution >= 4 is 33.5 Å². The first-order valence-corrected chi connectivity index (χ1v) is 7.32. The van der Waals surface area contributed by atoms with Gasteiger partial charge in [-0.1, -0.05) is 28.1 Å². The lowest BCUT2D eigenvalue weighted by Gasteiger charge is -2.02. The molecule has 0 atom stereocenters. The number of pyridine rings is 1. The van der Waals surface area contributed by atoms with E-state index < -0.39 is 0 Å². The van der Waals surface area contributed by atoms with E-state index in [0.717, 1.165) is 15.1 Å². The second-order valence-electron chi connectivity index (χ2n) is 3.78. The highest BCUT2D eigenvalue weighted by molar-refractivity contribution is 9.10. The lowest BCUT2D eigenvalue weighted by atomic mass is 10.2. The van der Waals surface area contributed by atoms with Crippen LogP contribution in [0.25, 0.3) is 0 Å². The first kappa shape index (κ1) is 13.3. The molecule has 1 heterocycles. The molecule has 0 amide bonds. The predicted molar refractivity (Wildman–Crippen MR) is 77.8 cm³/mol. The topological polar surface area (TPSA) is 30.0 Å². The van der Waals surface area contributed by atoms with Gasteiger partial charge in [0.1, 0.15) is 5.78 Å². The number of nitrogens with zero attached hydrogens (tertiary/aromatic N) is 1. The average Bonchev–Trinajstić information content (AvgIpc) is 2.38. The number of aromatic nitrogens is 1. The molecule has 0 radical (unpaired) electrons. The van der Waals surface area contributed by atoms with Gasteiger partial charge in [0.05, 0.1) is 5.75 Å². The molecule has 0 aliphatic heterocycles. The zero-order valence-corrected chi connectivity index (χ0v) is 12.1. The molecular formula is C14H12BrNOS. The summed E-state index contributed by atoms with van der Waals surface area (Å²) in [5, 5.41) is 0. The molecule has 0 aliphatic carbocycles. The second kappa shape index (κ2) is 6.71. The number of carbonyl (C=O) groups is 1. The van der Waals surface area contributed by atoms with Crippen LogP contribution in [0.3, 0.4) is 0 Å². The largest absolute Gasteiger partial charge is 0.298 e. The molecule has 1 aromatic carbocycles. The Bertz CT molecular complexity index is 530. The van der Waals surface area contributed by atoms with Crippen molar-refractivity contribution in [1.29, 1.82) is 0 Å². The molecule has 2 aromatic rings. The van der Waals surface area contributed by atoms with E-state index in [4.69, 9.17) is 0 Å². The van der Waals surface area contributed by atoms with E-state index in [1.165, 1.54) is 0 Å². The van der Waals surface area contributed by atoms with Gasteiger partial charge < -0.3 is 0 Å². The number of rotatable bonds is 5. The Morgan fingerprint density at radius 3 is 2.83 bits per heavy atom. The van der Waals surface area contributed by atoms with Crippen LogP contribution in [0, 0.1) is 0 Å². The Morgan fingerprint density at radius 2 is 2.11 bits per heavy atom. The number of carbonyl (C=O) groups excluding carboxylic acids is 1. The Hall–Kier alpha value is -1.13. The predicted octanol–water partition coefficient (Wildman–Crippen LogP) is 3.75. The van der Waals surface area contributed by atoms with E-state index in [1.807, 2.05) is 42.5 Å². The third kappa shape index (κ3) is 4.27. The van der Waals surface area contributed by atoms with Gasteiger partial charge in [-0.3, -0.25) is 9.78 Å². The summed E-state index contributed by atoms with van der Waals surface area (Å²) in [4.78, 5) is 17.0. The Kier molecular flexibility index (Phi) is 4.96. The number of hydrogen-bond acceptors (Lipinski definition) is 3. The summed E-state index contributed by atoms with van der Waals surface area (Å²) in [7, 11) is 0. The van der Waals surface area contributed by atoms with Crippen LogP contribution < -0.4 is 0 Å². The number of thioether (sulfide) groups is 1. The minimum absolute atomic E-state index is 0.193. The number of Topliss-reactive ketones (excluding diaryl/α,β-unsaturated/α-hetero) is 1. The first-order valence-electron chi connectivity index (χ1n) is 5.54. The third-order valence-electron chi connectivity index (χ3n) is 2.30. The van der Waals surface area contributed by atoms with Crippen LogP contribution in [0.15, 0.2) is 58.0 Å². The van der Waals surface area contributed by atoms with Crippen molar-refractivity contribution in [3.63, 3.8) is 0 Å². The quantitative estimate of drug-likeness (QED) is 0.786. The Balaban J connectivity index is 1.85. The normalized spacial score (nSPS) is 10.3. The van der Waals surface area contributed by atoms with E-state index in [0.29, 0.717) is 12.2 Å². The Morgan fingerprint density at radius 1 is 1.22 bits per heavy atom. The molecule has 0 fully saturated rings. The highest BCUT2D eigenvalue weighted by Gasteiger charge is 2.05. The van der Waals surface area contributed by atoms with Gasteiger partial charge in [0, 0.05) is 27.7 Å². The summed E-state index contributed by atoms with van der Waals surface area (Å²) in [6.45, 7) is 0. The number of ketones is 1. The fourth-order valence-corrected chi connectivity index (χ4v) is 2.84. The molecule has 0 aliphatic rings. The molecular weight excluding hydrogens is 310 g/mol. The molecule has 2 nitrogen and oxygen atoms in total. The fourth-order valence-electron chi connectivity index (χ4n) is 1.48. The molecule has 0 bridgehead atoms. The van der Waals surface area contributed by atoms with Crippen molar-refractivity contribution in [2.45, 2.75) is 11.3 Å². The van der Waals surface area contributed by atoms with Crippen molar-refractivity contribution in [2.75, 3.05) is 5.75 Å². The number of halogens is 1. The van der Waals surface area contributed by atoms with Gasteiger partial charge in [-0.15, -0.1) is 11.8 Å². The number of benzene rings is 1. The molecule has 2 rings (SSSR count). The zero-order valence-electron chi connectivity index (χ0n) is 9.67. The number of hydrogen-bond donors (Lipinski definition) is 0. The van der Waals surface area contributed by atoms with E-state index in [1.54, 1.807) is 18.0 Å². The van der Waals surface area contributed by atoms with Gasteiger partial charge in [-0.05, 0) is 30.3 Å².